The molecule has 0 unspecified atom stereocenters. The molecule has 4 aromatic rings. The molecule has 26 heavy (non-hydrogen) atoms. The highest BCUT2D eigenvalue weighted by molar-refractivity contribution is 5.94. The third-order valence-electron chi connectivity index (χ3n) is 4.74. The minimum absolute atomic E-state index is 0.887. The van der Waals surface area contributed by atoms with Crippen LogP contribution in [0, 0.1) is 6.92 Å². The van der Waals surface area contributed by atoms with Crippen molar-refractivity contribution >= 4 is 10.9 Å². The second kappa shape index (κ2) is 7.01. The van der Waals surface area contributed by atoms with Crippen molar-refractivity contribution in [3.8, 4) is 16.9 Å². The summed E-state index contributed by atoms with van der Waals surface area (Å²) >= 11 is 0. The molecule has 0 amide bonds. The maximum Gasteiger partial charge on any atom is 0.118 e. The van der Waals surface area contributed by atoms with Crippen LogP contribution in [-0.4, -0.2) is 12.1 Å². The Hall–Kier alpha value is -3.13. The van der Waals surface area contributed by atoms with Crippen LogP contribution in [0.25, 0.3) is 22.0 Å². The molecule has 0 saturated carbocycles. The number of hydrogen-bond acceptors (Lipinski definition) is 2. The number of pyridine rings is 1. The lowest BCUT2D eigenvalue weighted by Crippen LogP contribution is -1.91. The summed E-state index contributed by atoms with van der Waals surface area (Å²) < 4.78 is 5.24. The molecule has 0 aliphatic heterocycles. The number of fused-ring (bicyclic) bond motifs is 1. The first-order chi connectivity index (χ1) is 12.7. The van der Waals surface area contributed by atoms with E-state index in [4.69, 9.17) is 4.74 Å². The quantitative estimate of drug-likeness (QED) is 0.468. The Morgan fingerprint density at radius 2 is 1.54 bits per heavy atom. The van der Waals surface area contributed by atoms with Crippen LogP contribution in [0.2, 0.25) is 0 Å². The third-order valence-corrected chi connectivity index (χ3v) is 4.74. The highest BCUT2D eigenvalue weighted by Gasteiger charge is 2.06. The van der Waals surface area contributed by atoms with E-state index in [1.54, 1.807) is 7.11 Å². The molecule has 0 radical (unpaired) electrons. The van der Waals surface area contributed by atoms with E-state index in [1.807, 2.05) is 18.3 Å². The number of benzene rings is 3. The van der Waals surface area contributed by atoms with Gasteiger partial charge in [0.25, 0.3) is 0 Å². The van der Waals surface area contributed by atoms with Gasteiger partial charge in [-0.15, -0.1) is 0 Å². The molecule has 0 fully saturated rings. The average molecular weight is 339 g/mol. The van der Waals surface area contributed by atoms with E-state index in [0.29, 0.717) is 0 Å². The minimum Gasteiger partial charge on any atom is -0.497 e. The highest BCUT2D eigenvalue weighted by atomic mass is 16.5. The summed E-state index contributed by atoms with van der Waals surface area (Å²) in [5, 5.41) is 1.20. The number of methoxy groups -OCH3 is 1. The second-order valence-electron chi connectivity index (χ2n) is 6.60. The van der Waals surface area contributed by atoms with Gasteiger partial charge in [-0.05, 0) is 65.9 Å². The summed E-state index contributed by atoms with van der Waals surface area (Å²) in [6.45, 7) is 2.11. The molecule has 0 N–H and O–H groups in total. The summed E-state index contributed by atoms with van der Waals surface area (Å²) in [6, 6.07) is 25.6. The summed E-state index contributed by atoms with van der Waals surface area (Å²) in [6.07, 6.45) is 2.78. The molecule has 0 spiro atoms. The average Bonchev–Trinajstić information content (AvgIpc) is 2.69. The van der Waals surface area contributed by atoms with Gasteiger partial charge in [0.05, 0.1) is 12.6 Å². The molecule has 128 valence electrons. The van der Waals surface area contributed by atoms with Gasteiger partial charge in [-0.2, -0.15) is 0 Å². The van der Waals surface area contributed by atoms with Gasteiger partial charge in [-0.1, -0.05) is 48.0 Å². The van der Waals surface area contributed by atoms with Crippen LogP contribution in [0.3, 0.4) is 0 Å². The van der Waals surface area contributed by atoms with Gasteiger partial charge in [0.15, 0.2) is 0 Å². The van der Waals surface area contributed by atoms with Gasteiger partial charge in [0, 0.05) is 11.6 Å². The number of ether oxygens (including phenoxy) is 1. The molecule has 0 bridgehead atoms. The Kier molecular flexibility index (Phi) is 4.40. The smallest absolute Gasteiger partial charge is 0.118 e. The first kappa shape index (κ1) is 16.3. The van der Waals surface area contributed by atoms with Crippen molar-refractivity contribution in [2.24, 2.45) is 0 Å². The fourth-order valence-electron chi connectivity index (χ4n) is 3.27. The van der Waals surface area contributed by atoms with E-state index >= 15 is 0 Å². The lowest BCUT2D eigenvalue weighted by molar-refractivity contribution is 0.414. The third kappa shape index (κ3) is 3.31. The predicted octanol–water partition coefficient (Wildman–Crippen LogP) is 5.81. The summed E-state index contributed by atoms with van der Waals surface area (Å²) in [7, 11) is 1.69. The molecular weight excluding hydrogens is 318 g/mol. The van der Waals surface area contributed by atoms with Crippen molar-refractivity contribution in [1.82, 2.24) is 4.98 Å². The number of aromatic nitrogens is 1. The monoisotopic (exact) mass is 339 g/mol. The zero-order valence-electron chi connectivity index (χ0n) is 15.1. The molecule has 2 nitrogen and oxygen atoms in total. The number of rotatable bonds is 4. The van der Waals surface area contributed by atoms with Crippen molar-refractivity contribution in [3.05, 3.63) is 95.7 Å². The Morgan fingerprint density at radius 3 is 2.27 bits per heavy atom. The first-order valence-electron chi connectivity index (χ1n) is 8.80. The SMILES string of the molecule is COc1ccc(Cc2ccc3nccc(-c4ccc(C)cc4)c3c2)cc1. The number of aryl methyl sites for hydroxylation is 1. The highest BCUT2D eigenvalue weighted by Crippen LogP contribution is 2.29. The normalized spacial score (nSPS) is 10.8. The van der Waals surface area contributed by atoms with E-state index in [9.17, 15) is 0 Å². The number of nitrogens with zero attached hydrogens (tertiary/aromatic N) is 1. The summed E-state index contributed by atoms with van der Waals surface area (Å²) in [4.78, 5) is 4.54. The molecule has 2 heteroatoms. The van der Waals surface area contributed by atoms with Crippen LogP contribution in [0.15, 0.2) is 79.0 Å². The summed E-state index contributed by atoms with van der Waals surface area (Å²) in [5.41, 5.74) is 7.31. The fraction of sp³-hybridized carbons (Fsp3) is 0.125. The predicted molar refractivity (Wildman–Crippen MR) is 108 cm³/mol. The van der Waals surface area contributed by atoms with Crippen LogP contribution in [0.5, 0.6) is 5.75 Å². The van der Waals surface area contributed by atoms with Crippen LogP contribution in [0.4, 0.5) is 0 Å². The Balaban J connectivity index is 1.73. The van der Waals surface area contributed by atoms with Crippen molar-refractivity contribution in [2.45, 2.75) is 13.3 Å². The lowest BCUT2D eigenvalue weighted by Gasteiger charge is -2.09. The van der Waals surface area contributed by atoms with E-state index in [0.717, 1.165) is 17.7 Å². The van der Waals surface area contributed by atoms with Crippen molar-refractivity contribution < 1.29 is 4.74 Å². The number of hydrogen-bond donors (Lipinski definition) is 0. The van der Waals surface area contributed by atoms with Gasteiger partial charge >= 0.3 is 0 Å². The molecule has 3 aromatic carbocycles. The van der Waals surface area contributed by atoms with Crippen molar-refractivity contribution in [3.63, 3.8) is 0 Å². The van der Waals surface area contributed by atoms with Gasteiger partial charge in [-0.25, -0.2) is 0 Å². The molecular formula is C24H21NO. The fourth-order valence-corrected chi connectivity index (χ4v) is 3.27. The molecule has 0 aliphatic carbocycles. The Bertz CT molecular complexity index is 1030. The molecule has 1 aromatic heterocycles. The van der Waals surface area contributed by atoms with Gasteiger partial charge < -0.3 is 4.74 Å². The van der Waals surface area contributed by atoms with Crippen LogP contribution in [0.1, 0.15) is 16.7 Å². The first-order valence-corrected chi connectivity index (χ1v) is 8.80. The van der Waals surface area contributed by atoms with Gasteiger partial charge in [0.1, 0.15) is 5.75 Å². The zero-order valence-corrected chi connectivity index (χ0v) is 15.1. The molecule has 0 saturated heterocycles. The van der Waals surface area contributed by atoms with Crippen LogP contribution in [-0.2, 0) is 6.42 Å². The zero-order chi connectivity index (χ0) is 17.9. The van der Waals surface area contributed by atoms with E-state index in [2.05, 4.69) is 72.6 Å². The molecule has 0 aliphatic rings. The van der Waals surface area contributed by atoms with Gasteiger partial charge in [-0.3, -0.25) is 4.98 Å². The molecule has 4 rings (SSSR count). The van der Waals surface area contributed by atoms with Gasteiger partial charge in [0.2, 0.25) is 0 Å². The Morgan fingerprint density at radius 1 is 0.808 bits per heavy atom. The van der Waals surface area contributed by atoms with E-state index < -0.39 is 0 Å². The molecule has 1 heterocycles. The van der Waals surface area contributed by atoms with E-state index in [1.165, 1.54) is 33.2 Å². The lowest BCUT2D eigenvalue weighted by atomic mass is 9.97. The van der Waals surface area contributed by atoms with Crippen LogP contribution >= 0.6 is 0 Å². The maximum atomic E-state index is 5.24. The van der Waals surface area contributed by atoms with Crippen molar-refractivity contribution in [1.29, 1.82) is 0 Å². The summed E-state index contributed by atoms with van der Waals surface area (Å²) in [5.74, 6) is 0.887. The topological polar surface area (TPSA) is 22.1 Å². The largest absolute Gasteiger partial charge is 0.497 e. The maximum absolute atomic E-state index is 5.24. The standard InChI is InChI=1S/C24H21NO/c1-17-3-8-20(9-4-17)22-13-14-25-24-12-7-19(16-23(22)24)15-18-5-10-21(26-2)11-6-18/h3-14,16H,15H2,1-2H3. The minimum atomic E-state index is 0.887. The second-order valence-corrected chi connectivity index (χ2v) is 6.60. The molecule has 0 atom stereocenters. The van der Waals surface area contributed by atoms with Crippen molar-refractivity contribution in [2.75, 3.05) is 7.11 Å². The van der Waals surface area contributed by atoms with Crippen LogP contribution < -0.4 is 4.74 Å². The Labute approximate surface area is 154 Å². The van der Waals surface area contributed by atoms with E-state index in [-0.39, 0.29) is 0 Å².